The van der Waals surface area contributed by atoms with E-state index in [0.717, 1.165) is 11.8 Å². The van der Waals surface area contributed by atoms with E-state index in [1.165, 1.54) is 36.8 Å². The highest BCUT2D eigenvalue weighted by atomic mass is 16.1. The maximum Gasteiger partial charge on any atom is 0.124 e. The molecule has 13 heavy (non-hydrogen) atoms. The Kier molecular flexibility index (Phi) is 2.44. The van der Waals surface area contributed by atoms with Crippen LogP contribution in [0.1, 0.15) is 29.5 Å². The van der Waals surface area contributed by atoms with Crippen LogP contribution in [0, 0.1) is 0 Å². The Labute approximate surface area is 78.8 Å². The highest BCUT2D eigenvalue weighted by molar-refractivity contribution is 5.55. The van der Waals surface area contributed by atoms with Crippen LogP contribution in [0.3, 0.4) is 0 Å². The fraction of sp³-hybridized carbons (Fsp3) is 0.417. The van der Waals surface area contributed by atoms with Crippen molar-refractivity contribution >= 4 is 6.29 Å². The summed E-state index contributed by atoms with van der Waals surface area (Å²) in [6.45, 7) is 0. The average Bonchev–Trinajstić information content (AvgIpc) is 2.18. The number of carbonyl (C=O) groups excluding carboxylic acids is 1. The van der Waals surface area contributed by atoms with Gasteiger partial charge in [0, 0.05) is 6.42 Å². The number of hydrogen-bond donors (Lipinski definition) is 0. The predicted molar refractivity (Wildman–Crippen MR) is 52.9 cm³/mol. The molecule has 0 aliphatic heterocycles. The molecule has 0 fully saturated rings. The van der Waals surface area contributed by atoms with Crippen LogP contribution in [0.15, 0.2) is 18.2 Å². The van der Waals surface area contributed by atoms with E-state index in [1.807, 2.05) is 0 Å². The van der Waals surface area contributed by atoms with E-state index in [2.05, 4.69) is 18.2 Å². The van der Waals surface area contributed by atoms with Gasteiger partial charge in [-0.05, 0) is 42.4 Å². The highest BCUT2D eigenvalue weighted by Gasteiger charge is 2.08. The minimum Gasteiger partial charge on any atom is -0.303 e. The minimum atomic E-state index is 0.563. The summed E-state index contributed by atoms with van der Waals surface area (Å²) in [6.07, 6.45) is 6.58. The van der Waals surface area contributed by atoms with Crippen LogP contribution in [0.2, 0.25) is 0 Å². The molecule has 2 rings (SSSR count). The van der Waals surface area contributed by atoms with Crippen molar-refractivity contribution in [2.75, 3.05) is 0 Å². The topological polar surface area (TPSA) is 17.1 Å². The zero-order valence-corrected chi connectivity index (χ0v) is 7.75. The maximum absolute atomic E-state index is 10.3. The van der Waals surface area contributed by atoms with Crippen molar-refractivity contribution < 1.29 is 4.79 Å². The summed E-state index contributed by atoms with van der Waals surface area (Å²) in [6, 6.07) is 6.47. The van der Waals surface area contributed by atoms with Crippen molar-refractivity contribution in [1.29, 1.82) is 0 Å². The molecular weight excluding hydrogens is 160 g/mol. The van der Waals surface area contributed by atoms with E-state index >= 15 is 0 Å². The van der Waals surface area contributed by atoms with Crippen molar-refractivity contribution in [3.8, 4) is 0 Å². The van der Waals surface area contributed by atoms with Gasteiger partial charge in [-0.25, -0.2) is 0 Å². The third-order valence-corrected chi connectivity index (χ3v) is 2.73. The van der Waals surface area contributed by atoms with Crippen molar-refractivity contribution in [2.24, 2.45) is 0 Å². The average molecular weight is 174 g/mol. The first kappa shape index (κ1) is 8.49. The SMILES string of the molecule is O=CCc1ccc2c(c1)CCCC2. The number of carbonyl (C=O) groups is 1. The normalized spacial score (nSPS) is 15.1. The van der Waals surface area contributed by atoms with Gasteiger partial charge in [0.05, 0.1) is 0 Å². The van der Waals surface area contributed by atoms with Crippen molar-refractivity contribution in [1.82, 2.24) is 0 Å². The summed E-state index contributed by atoms with van der Waals surface area (Å²) < 4.78 is 0. The number of rotatable bonds is 2. The summed E-state index contributed by atoms with van der Waals surface area (Å²) in [4.78, 5) is 10.3. The van der Waals surface area contributed by atoms with E-state index in [-0.39, 0.29) is 0 Å². The van der Waals surface area contributed by atoms with Gasteiger partial charge in [-0.2, -0.15) is 0 Å². The van der Waals surface area contributed by atoms with Gasteiger partial charge in [0.15, 0.2) is 0 Å². The Hall–Kier alpha value is -1.11. The molecule has 1 aliphatic carbocycles. The Morgan fingerprint density at radius 1 is 1.15 bits per heavy atom. The van der Waals surface area contributed by atoms with E-state index in [9.17, 15) is 4.79 Å². The third-order valence-electron chi connectivity index (χ3n) is 2.73. The fourth-order valence-electron chi connectivity index (χ4n) is 2.01. The molecule has 0 unspecified atom stereocenters. The van der Waals surface area contributed by atoms with Crippen molar-refractivity contribution in [3.63, 3.8) is 0 Å². The number of aryl methyl sites for hydroxylation is 2. The van der Waals surface area contributed by atoms with Gasteiger partial charge in [0.25, 0.3) is 0 Å². The molecule has 0 saturated carbocycles. The standard InChI is InChI=1S/C12H14O/c13-8-7-10-5-6-11-3-1-2-4-12(11)9-10/h5-6,8-9H,1-4,7H2. The molecule has 0 spiro atoms. The van der Waals surface area contributed by atoms with Gasteiger partial charge in [-0.1, -0.05) is 18.2 Å². The van der Waals surface area contributed by atoms with Gasteiger partial charge < -0.3 is 4.79 Å². The number of hydrogen-bond acceptors (Lipinski definition) is 1. The van der Waals surface area contributed by atoms with Crippen molar-refractivity contribution in [2.45, 2.75) is 32.1 Å². The minimum absolute atomic E-state index is 0.563. The van der Waals surface area contributed by atoms with E-state index in [4.69, 9.17) is 0 Å². The second-order valence-electron chi connectivity index (χ2n) is 3.68. The molecule has 1 aromatic carbocycles. The van der Waals surface area contributed by atoms with Crippen LogP contribution in [0.5, 0.6) is 0 Å². The first-order chi connectivity index (χ1) is 6.40. The molecule has 1 nitrogen and oxygen atoms in total. The third kappa shape index (κ3) is 1.80. The van der Waals surface area contributed by atoms with E-state index in [1.54, 1.807) is 0 Å². The molecule has 1 aliphatic rings. The van der Waals surface area contributed by atoms with Crippen molar-refractivity contribution in [3.05, 3.63) is 34.9 Å². The van der Waals surface area contributed by atoms with Gasteiger partial charge >= 0.3 is 0 Å². The first-order valence-corrected chi connectivity index (χ1v) is 4.94. The van der Waals surface area contributed by atoms with E-state index in [0.29, 0.717) is 6.42 Å². The lowest BCUT2D eigenvalue weighted by atomic mass is 9.90. The quantitative estimate of drug-likeness (QED) is 0.629. The van der Waals surface area contributed by atoms with Crippen LogP contribution < -0.4 is 0 Å². The molecular formula is C12H14O. The summed E-state index contributed by atoms with van der Waals surface area (Å²) in [5, 5.41) is 0. The number of fused-ring (bicyclic) bond motifs is 1. The number of benzene rings is 1. The summed E-state index contributed by atoms with van der Waals surface area (Å²) in [5.41, 5.74) is 4.11. The lowest BCUT2D eigenvalue weighted by Crippen LogP contribution is -2.03. The molecule has 1 aromatic rings. The summed E-state index contributed by atoms with van der Waals surface area (Å²) in [5.74, 6) is 0. The zero-order valence-electron chi connectivity index (χ0n) is 7.75. The second kappa shape index (κ2) is 3.73. The first-order valence-electron chi connectivity index (χ1n) is 4.94. The van der Waals surface area contributed by atoms with Crippen LogP contribution in [0.4, 0.5) is 0 Å². The van der Waals surface area contributed by atoms with Crippen LogP contribution >= 0.6 is 0 Å². The summed E-state index contributed by atoms with van der Waals surface area (Å²) in [7, 11) is 0. The smallest absolute Gasteiger partial charge is 0.124 e. The van der Waals surface area contributed by atoms with Gasteiger partial charge in [-0.3, -0.25) is 0 Å². The van der Waals surface area contributed by atoms with Gasteiger partial charge in [0.1, 0.15) is 6.29 Å². The Morgan fingerprint density at radius 2 is 1.92 bits per heavy atom. The van der Waals surface area contributed by atoms with E-state index < -0.39 is 0 Å². The Bertz CT molecular complexity index is 315. The van der Waals surface area contributed by atoms with Crippen LogP contribution in [0.25, 0.3) is 0 Å². The largest absolute Gasteiger partial charge is 0.303 e. The monoisotopic (exact) mass is 174 g/mol. The molecule has 0 radical (unpaired) electrons. The molecule has 0 N–H and O–H groups in total. The van der Waals surface area contributed by atoms with Gasteiger partial charge in [0.2, 0.25) is 0 Å². The molecule has 0 saturated heterocycles. The second-order valence-corrected chi connectivity index (χ2v) is 3.68. The molecule has 0 amide bonds. The van der Waals surface area contributed by atoms with Crippen LogP contribution in [-0.4, -0.2) is 6.29 Å². The molecule has 0 atom stereocenters. The number of aldehydes is 1. The Balaban J connectivity index is 2.29. The maximum atomic E-state index is 10.3. The molecule has 0 aromatic heterocycles. The summed E-state index contributed by atoms with van der Waals surface area (Å²) >= 11 is 0. The molecule has 0 bridgehead atoms. The molecule has 68 valence electrons. The lowest BCUT2D eigenvalue weighted by molar-refractivity contribution is -0.107. The highest BCUT2D eigenvalue weighted by Crippen LogP contribution is 2.22. The zero-order chi connectivity index (χ0) is 9.10. The fourth-order valence-corrected chi connectivity index (χ4v) is 2.01. The Morgan fingerprint density at radius 3 is 2.69 bits per heavy atom. The molecule has 0 heterocycles. The van der Waals surface area contributed by atoms with Gasteiger partial charge in [-0.15, -0.1) is 0 Å². The van der Waals surface area contributed by atoms with Crippen LogP contribution in [-0.2, 0) is 24.1 Å². The molecule has 1 heteroatoms. The lowest BCUT2D eigenvalue weighted by Gasteiger charge is -2.15. The predicted octanol–water partition coefficient (Wildman–Crippen LogP) is 2.31.